The highest BCUT2D eigenvalue weighted by atomic mass is 19.4. The minimum atomic E-state index is -4.74. The van der Waals surface area contributed by atoms with Crippen molar-refractivity contribution in [3.8, 4) is 5.75 Å². The van der Waals surface area contributed by atoms with Gasteiger partial charge in [0.15, 0.2) is 0 Å². The number of aryl methyl sites for hydroxylation is 1. The van der Waals surface area contributed by atoms with E-state index in [-0.39, 0.29) is 24.2 Å². The fourth-order valence-corrected chi connectivity index (χ4v) is 2.83. The highest BCUT2D eigenvalue weighted by Gasteiger charge is 2.32. The van der Waals surface area contributed by atoms with Gasteiger partial charge in [0.25, 0.3) is 0 Å². The average Bonchev–Trinajstić information content (AvgIpc) is 2.54. The zero-order chi connectivity index (χ0) is 20.3. The fourth-order valence-electron chi connectivity index (χ4n) is 2.83. The Morgan fingerprint density at radius 2 is 1.96 bits per heavy atom. The third-order valence-corrected chi connectivity index (χ3v) is 4.36. The van der Waals surface area contributed by atoms with Crippen LogP contribution in [0, 0.1) is 6.92 Å². The first-order valence-electron chi connectivity index (χ1n) is 8.59. The van der Waals surface area contributed by atoms with E-state index in [1.165, 1.54) is 18.5 Å². The third kappa shape index (κ3) is 5.32. The largest absolute Gasteiger partial charge is 0.573 e. The number of alkyl halides is 3. The molecule has 0 bridgehead atoms. The maximum absolute atomic E-state index is 12.2. The number of anilines is 2. The van der Waals surface area contributed by atoms with E-state index >= 15 is 0 Å². The van der Waals surface area contributed by atoms with Crippen LogP contribution >= 0.6 is 0 Å². The van der Waals surface area contributed by atoms with E-state index in [0.717, 1.165) is 36.7 Å². The molecule has 1 saturated heterocycles. The van der Waals surface area contributed by atoms with Crippen LogP contribution < -0.4 is 15.0 Å². The Bertz CT molecular complexity index is 823. The van der Waals surface area contributed by atoms with Gasteiger partial charge in [-0.3, -0.25) is 9.69 Å². The van der Waals surface area contributed by atoms with Crippen LogP contribution in [0.15, 0.2) is 36.7 Å². The summed E-state index contributed by atoms with van der Waals surface area (Å²) in [5.74, 6) is 0.281. The number of likely N-dealkylation sites (N-methyl/N-ethyl adjacent to an activating group) is 1. The van der Waals surface area contributed by atoms with E-state index in [1.807, 2.05) is 24.9 Å². The molecule has 10 heteroatoms. The molecule has 7 nitrogen and oxygen atoms in total. The number of nitrogens with one attached hydrogen (secondary N) is 1. The van der Waals surface area contributed by atoms with Crippen LogP contribution in [-0.2, 0) is 4.79 Å². The fraction of sp³-hybridized carbons (Fsp3) is 0.389. The molecular weight excluding hydrogens is 375 g/mol. The minimum Gasteiger partial charge on any atom is -0.406 e. The first-order chi connectivity index (χ1) is 13.2. The van der Waals surface area contributed by atoms with E-state index in [4.69, 9.17) is 0 Å². The Morgan fingerprint density at radius 3 is 2.57 bits per heavy atom. The van der Waals surface area contributed by atoms with Gasteiger partial charge in [0, 0.05) is 36.6 Å². The number of carbonyl (C=O) groups excluding carboxylic acids is 1. The predicted octanol–water partition coefficient (Wildman–Crippen LogP) is 2.44. The van der Waals surface area contributed by atoms with Crippen LogP contribution in [0.2, 0.25) is 0 Å². The first-order valence-corrected chi connectivity index (χ1v) is 8.59. The standard InChI is InChI=1S/C18H20F3N5O2/c1-12-7-16(23-11-22-12)26-8-14(9-26)25(2)10-17(27)24-13-3-5-15(6-4-13)28-18(19,20)21/h3-7,11,14H,8-10H2,1-2H3,(H,24,27). The van der Waals surface area contributed by atoms with Crippen molar-refractivity contribution in [2.75, 3.05) is 36.9 Å². The van der Waals surface area contributed by atoms with Gasteiger partial charge in [-0.2, -0.15) is 0 Å². The quantitative estimate of drug-likeness (QED) is 0.810. The van der Waals surface area contributed by atoms with Gasteiger partial charge >= 0.3 is 6.36 Å². The summed E-state index contributed by atoms with van der Waals surface area (Å²) in [4.78, 5) is 24.5. The van der Waals surface area contributed by atoms with Gasteiger partial charge in [-0.1, -0.05) is 0 Å². The molecule has 1 amide bonds. The summed E-state index contributed by atoms with van der Waals surface area (Å²) in [5.41, 5.74) is 1.30. The van der Waals surface area contributed by atoms with Gasteiger partial charge in [-0.05, 0) is 38.2 Å². The molecule has 1 aliphatic heterocycles. The Kier molecular flexibility index (Phi) is 5.68. The number of ether oxygens (including phenoxy) is 1. The van der Waals surface area contributed by atoms with E-state index in [2.05, 4.69) is 24.9 Å². The Labute approximate surface area is 160 Å². The average molecular weight is 395 g/mol. The topological polar surface area (TPSA) is 70.6 Å². The molecule has 1 aromatic carbocycles. The summed E-state index contributed by atoms with van der Waals surface area (Å²) >= 11 is 0. The molecule has 0 saturated carbocycles. The van der Waals surface area contributed by atoms with Crippen molar-refractivity contribution in [1.29, 1.82) is 0 Å². The number of amides is 1. The molecule has 0 spiro atoms. The maximum atomic E-state index is 12.2. The lowest BCUT2D eigenvalue weighted by molar-refractivity contribution is -0.274. The number of nitrogens with zero attached hydrogens (tertiary/aromatic N) is 4. The summed E-state index contributed by atoms with van der Waals surface area (Å²) in [7, 11) is 1.85. The summed E-state index contributed by atoms with van der Waals surface area (Å²) in [6.07, 6.45) is -3.21. The van der Waals surface area contributed by atoms with Crippen molar-refractivity contribution in [3.05, 3.63) is 42.4 Å². The van der Waals surface area contributed by atoms with E-state index < -0.39 is 6.36 Å². The van der Waals surface area contributed by atoms with Crippen molar-refractivity contribution in [2.24, 2.45) is 0 Å². The SMILES string of the molecule is Cc1cc(N2CC(N(C)CC(=O)Nc3ccc(OC(F)(F)F)cc3)C2)ncn1. The molecule has 3 rings (SSSR count). The van der Waals surface area contributed by atoms with Crippen molar-refractivity contribution >= 4 is 17.4 Å². The summed E-state index contributed by atoms with van der Waals surface area (Å²) < 4.78 is 40.3. The van der Waals surface area contributed by atoms with Crippen LogP contribution in [0.1, 0.15) is 5.69 Å². The molecule has 150 valence electrons. The van der Waals surface area contributed by atoms with Gasteiger partial charge in [0.05, 0.1) is 6.54 Å². The van der Waals surface area contributed by atoms with Crippen molar-refractivity contribution in [3.63, 3.8) is 0 Å². The molecule has 2 aromatic rings. The molecule has 1 N–H and O–H groups in total. The number of carbonyl (C=O) groups is 1. The van der Waals surface area contributed by atoms with Crippen molar-refractivity contribution in [2.45, 2.75) is 19.3 Å². The number of hydrogen-bond donors (Lipinski definition) is 1. The third-order valence-electron chi connectivity index (χ3n) is 4.36. The summed E-state index contributed by atoms with van der Waals surface area (Å²) in [5, 5.41) is 2.66. The van der Waals surface area contributed by atoms with E-state index in [9.17, 15) is 18.0 Å². The lowest BCUT2D eigenvalue weighted by Crippen LogP contribution is -2.59. The van der Waals surface area contributed by atoms with Crippen molar-refractivity contribution < 1.29 is 22.7 Å². The molecule has 28 heavy (non-hydrogen) atoms. The predicted molar refractivity (Wildman–Crippen MR) is 97.2 cm³/mol. The number of aromatic nitrogens is 2. The van der Waals surface area contributed by atoms with E-state index in [0.29, 0.717) is 5.69 Å². The van der Waals surface area contributed by atoms with Crippen LogP contribution in [0.3, 0.4) is 0 Å². The highest BCUT2D eigenvalue weighted by molar-refractivity contribution is 5.92. The van der Waals surface area contributed by atoms with Crippen LogP contribution in [0.25, 0.3) is 0 Å². The van der Waals surface area contributed by atoms with E-state index in [1.54, 1.807) is 0 Å². The number of benzene rings is 1. The van der Waals surface area contributed by atoms with Gasteiger partial charge < -0.3 is 15.0 Å². The Balaban J connectivity index is 1.45. The second kappa shape index (κ2) is 8.01. The van der Waals surface area contributed by atoms with Crippen LogP contribution in [-0.4, -0.2) is 59.9 Å². The van der Waals surface area contributed by atoms with Gasteiger partial charge in [0.2, 0.25) is 5.91 Å². The number of rotatable bonds is 6. The molecule has 0 radical (unpaired) electrons. The van der Waals surface area contributed by atoms with Gasteiger partial charge in [-0.15, -0.1) is 13.2 Å². The molecule has 0 atom stereocenters. The lowest BCUT2D eigenvalue weighted by Gasteiger charge is -2.44. The summed E-state index contributed by atoms with van der Waals surface area (Å²) in [6, 6.07) is 7.15. The Hall–Kier alpha value is -2.88. The molecule has 1 aromatic heterocycles. The minimum absolute atomic E-state index is 0.169. The molecule has 2 heterocycles. The molecule has 1 fully saturated rings. The van der Waals surface area contributed by atoms with Crippen LogP contribution in [0.5, 0.6) is 5.75 Å². The molecule has 1 aliphatic rings. The maximum Gasteiger partial charge on any atom is 0.573 e. The smallest absolute Gasteiger partial charge is 0.406 e. The summed E-state index contributed by atoms with van der Waals surface area (Å²) in [6.45, 7) is 3.58. The normalized spacial score (nSPS) is 14.7. The zero-order valence-electron chi connectivity index (χ0n) is 15.4. The first kappa shape index (κ1) is 19.9. The second-order valence-corrected chi connectivity index (χ2v) is 6.61. The zero-order valence-corrected chi connectivity index (χ0v) is 15.4. The molecular formula is C18H20F3N5O2. The second-order valence-electron chi connectivity index (χ2n) is 6.61. The van der Waals surface area contributed by atoms with Gasteiger partial charge in [-0.25, -0.2) is 9.97 Å². The van der Waals surface area contributed by atoms with Gasteiger partial charge in [0.1, 0.15) is 17.9 Å². The number of hydrogen-bond acceptors (Lipinski definition) is 6. The molecule has 0 unspecified atom stereocenters. The van der Waals surface area contributed by atoms with Crippen molar-refractivity contribution in [1.82, 2.24) is 14.9 Å². The number of halogens is 3. The Morgan fingerprint density at radius 1 is 1.29 bits per heavy atom. The lowest BCUT2D eigenvalue weighted by atomic mass is 10.1. The molecule has 0 aliphatic carbocycles. The monoisotopic (exact) mass is 395 g/mol. The highest BCUT2D eigenvalue weighted by Crippen LogP contribution is 2.24. The van der Waals surface area contributed by atoms with Crippen LogP contribution in [0.4, 0.5) is 24.7 Å².